The van der Waals surface area contributed by atoms with Gasteiger partial charge in [0.15, 0.2) is 17.5 Å². The molecule has 152 valence electrons. The molecule has 2 aromatic rings. The van der Waals surface area contributed by atoms with Crippen LogP contribution in [0.1, 0.15) is 17.5 Å². The van der Waals surface area contributed by atoms with Crippen LogP contribution in [0.5, 0.6) is 23.0 Å². The van der Waals surface area contributed by atoms with Crippen molar-refractivity contribution >= 4 is 5.96 Å². The molecular formula is C21H29N3O4. The van der Waals surface area contributed by atoms with Crippen LogP contribution in [0.15, 0.2) is 41.4 Å². The third-order valence-corrected chi connectivity index (χ3v) is 4.30. The largest absolute Gasteiger partial charge is 0.497 e. The first-order valence-corrected chi connectivity index (χ1v) is 9.06. The molecule has 0 radical (unpaired) electrons. The fraction of sp³-hybridized carbons (Fsp3) is 0.381. The molecule has 0 aliphatic carbocycles. The van der Waals surface area contributed by atoms with Gasteiger partial charge in [-0.3, -0.25) is 0 Å². The second-order valence-electron chi connectivity index (χ2n) is 6.10. The molecule has 7 heteroatoms. The van der Waals surface area contributed by atoms with E-state index < -0.39 is 0 Å². The van der Waals surface area contributed by atoms with Crippen LogP contribution >= 0.6 is 0 Å². The van der Waals surface area contributed by atoms with Crippen molar-refractivity contribution in [2.75, 3.05) is 35.0 Å². The SMILES string of the molecule is COc1ccc(OC)c(CCCNC(N)=NCc2ccc(OC)c(OC)c2)c1. The number of nitrogens with zero attached hydrogens (tertiary/aromatic N) is 1. The number of ether oxygens (including phenoxy) is 4. The van der Waals surface area contributed by atoms with Gasteiger partial charge in [-0.1, -0.05) is 6.07 Å². The Morgan fingerprint density at radius 2 is 1.61 bits per heavy atom. The van der Waals surface area contributed by atoms with Crippen molar-refractivity contribution < 1.29 is 18.9 Å². The molecule has 0 unspecified atom stereocenters. The number of hydrogen-bond acceptors (Lipinski definition) is 5. The second-order valence-corrected chi connectivity index (χ2v) is 6.10. The summed E-state index contributed by atoms with van der Waals surface area (Å²) in [5, 5.41) is 3.14. The van der Waals surface area contributed by atoms with E-state index in [4.69, 9.17) is 24.7 Å². The van der Waals surface area contributed by atoms with Crippen molar-refractivity contribution in [3.8, 4) is 23.0 Å². The van der Waals surface area contributed by atoms with Gasteiger partial charge in [-0.25, -0.2) is 4.99 Å². The maximum Gasteiger partial charge on any atom is 0.188 e. The summed E-state index contributed by atoms with van der Waals surface area (Å²) >= 11 is 0. The van der Waals surface area contributed by atoms with Crippen LogP contribution in [0.4, 0.5) is 0 Å². The highest BCUT2D eigenvalue weighted by Crippen LogP contribution is 2.28. The van der Waals surface area contributed by atoms with E-state index in [1.807, 2.05) is 36.4 Å². The summed E-state index contributed by atoms with van der Waals surface area (Å²) in [6.07, 6.45) is 1.73. The van der Waals surface area contributed by atoms with Crippen molar-refractivity contribution in [1.29, 1.82) is 0 Å². The molecule has 0 aliphatic heterocycles. The first-order chi connectivity index (χ1) is 13.6. The van der Waals surface area contributed by atoms with Gasteiger partial charge in [-0.05, 0) is 54.3 Å². The Balaban J connectivity index is 1.83. The van der Waals surface area contributed by atoms with Crippen LogP contribution in [0, 0.1) is 0 Å². The first-order valence-electron chi connectivity index (χ1n) is 9.06. The standard InChI is InChI=1S/C21H29N3O4/c1-25-17-8-10-18(26-2)16(13-17)6-5-11-23-21(22)24-14-15-7-9-19(27-3)20(12-15)28-4/h7-10,12-13H,5-6,11,14H2,1-4H3,(H3,22,23,24). The summed E-state index contributed by atoms with van der Waals surface area (Å²) in [6.45, 7) is 1.17. The number of rotatable bonds is 10. The third-order valence-electron chi connectivity index (χ3n) is 4.30. The highest BCUT2D eigenvalue weighted by molar-refractivity contribution is 5.77. The Kier molecular flexibility index (Phi) is 8.27. The number of methoxy groups -OCH3 is 4. The molecule has 0 amide bonds. The van der Waals surface area contributed by atoms with Crippen LogP contribution < -0.4 is 30.0 Å². The van der Waals surface area contributed by atoms with E-state index in [1.165, 1.54) is 0 Å². The maximum absolute atomic E-state index is 5.97. The van der Waals surface area contributed by atoms with Crippen LogP contribution in [-0.4, -0.2) is 40.9 Å². The minimum absolute atomic E-state index is 0.410. The molecule has 3 N–H and O–H groups in total. The summed E-state index contributed by atoms with van der Waals surface area (Å²) < 4.78 is 21.2. The number of aryl methyl sites for hydroxylation is 1. The summed E-state index contributed by atoms with van der Waals surface area (Å²) in [4.78, 5) is 4.37. The molecule has 0 aliphatic rings. The minimum atomic E-state index is 0.410. The molecule has 0 saturated carbocycles. The monoisotopic (exact) mass is 387 g/mol. The average molecular weight is 387 g/mol. The minimum Gasteiger partial charge on any atom is -0.497 e. The van der Waals surface area contributed by atoms with Crippen LogP contribution in [-0.2, 0) is 13.0 Å². The highest BCUT2D eigenvalue weighted by atomic mass is 16.5. The lowest BCUT2D eigenvalue weighted by molar-refractivity contribution is 0.354. The molecule has 0 fully saturated rings. The van der Waals surface area contributed by atoms with Gasteiger partial charge in [0.05, 0.1) is 35.0 Å². The van der Waals surface area contributed by atoms with E-state index in [1.54, 1.807) is 28.4 Å². The lowest BCUT2D eigenvalue weighted by atomic mass is 10.1. The molecule has 0 aromatic heterocycles. The third kappa shape index (κ3) is 5.97. The summed E-state index contributed by atoms with van der Waals surface area (Å²) in [5.41, 5.74) is 8.06. The quantitative estimate of drug-likeness (QED) is 0.370. The van der Waals surface area contributed by atoms with Crippen LogP contribution in [0.25, 0.3) is 0 Å². The number of aliphatic imine (C=N–C) groups is 1. The summed E-state index contributed by atoms with van der Waals surface area (Å²) in [5.74, 6) is 3.45. The van der Waals surface area contributed by atoms with Gasteiger partial charge < -0.3 is 30.0 Å². The van der Waals surface area contributed by atoms with Gasteiger partial charge in [0.1, 0.15) is 11.5 Å². The molecule has 0 bridgehead atoms. The van der Waals surface area contributed by atoms with Gasteiger partial charge in [0.25, 0.3) is 0 Å². The Hall–Kier alpha value is -3.09. The fourth-order valence-corrected chi connectivity index (χ4v) is 2.78. The lowest BCUT2D eigenvalue weighted by Crippen LogP contribution is -2.32. The smallest absolute Gasteiger partial charge is 0.188 e. The van der Waals surface area contributed by atoms with Crippen molar-refractivity contribution in [1.82, 2.24) is 5.32 Å². The zero-order valence-corrected chi connectivity index (χ0v) is 17.0. The number of benzene rings is 2. The Labute approximate surface area is 166 Å². The van der Waals surface area contributed by atoms with Crippen molar-refractivity contribution in [3.05, 3.63) is 47.5 Å². The molecule has 2 aromatic carbocycles. The van der Waals surface area contributed by atoms with E-state index in [9.17, 15) is 0 Å². The Morgan fingerprint density at radius 3 is 2.29 bits per heavy atom. The maximum atomic E-state index is 5.97. The summed E-state index contributed by atoms with van der Waals surface area (Å²) in [6, 6.07) is 11.5. The average Bonchev–Trinajstić information content (AvgIpc) is 2.74. The topological polar surface area (TPSA) is 87.3 Å². The van der Waals surface area contributed by atoms with E-state index in [0.29, 0.717) is 30.5 Å². The molecule has 7 nitrogen and oxygen atoms in total. The van der Waals surface area contributed by atoms with E-state index in [2.05, 4.69) is 10.3 Å². The van der Waals surface area contributed by atoms with Gasteiger partial charge in [0.2, 0.25) is 0 Å². The number of hydrogen-bond donors (Lipinski definition) is 2. The fourth-order valence-electron chi connectivity index (χ4n) is 2.78. The molecule has 0 saturated heterocycles. The van der Waals surface area contributed by atoms with Crippen molar-refractivity contribution in [3.63, 3.8) is 0 Å². The lowest BCUT2D eigenvalue weighted by Gasteiger charge is -2.11. The van der Waals surface area contributed by atoms with Gasteiger partial charge >= 0.3 is 0 Å². The van der Waals surface area contributed by atoms with E-state index >= 15 is 0 Å². The number of nitrogens with one attached hydrogen (secondary N) is 1. The predicted octanol–water partition coefficient (Wildman–Crippen LogP) is 2.76. The molecule has 0 heterocycles. The molecule has 0 spiro atoms. The van der Waals surface area contributed by atoms with Crippen molar-refractivity contribution in [2.24, 2.45) is 10.7 Å². The zero-order chi connectivity index (χ0) is 20.4. The van der Waals surface area contributed by atoms with Gasteiger partial charge in [-0.15, -0.1) is 0 Å². The van der Waals surface area contributed by atoms with Gasteiger partial charge in [-0.2, -0.15) is 0 Å². The van der Waals surface area contributed by atoms with Crippen molar-refractivity contribution in [2.45, 2.75) is 19.4 Å². The highest BCUT2D eigenvalue weighted by Gasteiger charge is 2.06. The first kappa shape index (κ1) is 21.2. The number of guanidine groups is 1. The second kappa shape index (κ2) is 10.9. The molecule has 28 heavy (non-hydrogen) atoms. The van der Waals surface area contributed by atoms with E-state index in [0.717, 1.165) is 35.5 Å². The van der Waals surface area contributed by atoms with Gasteiger partial charge in [0, 0.05) is 6.54 Å². The predicted molar refractivity (Wildman–Crippen MR) is 111 cm³/mol. The van der Waals surface area contributed by atoms with Crippen LogP contribution in [0.3, 0.4) is 0 Å². The normalized spacial score (nSPS) is 11.1. The van der Waals surface area contributed by atoms with E-state index in [-0.39, 0.29) is 0 Å². The zero-order valence-electron chi connectivity index (χ0n) is 17.0. The molecule has 2 rings (SSSR count). The molecular weight excluding hydrogens is 358 g/mol. The Morgan fingerprint density at radius 1 is 0.893 bits per heavy atom. The molecule has 0 atom stereocenters. The Bertz CT molecular complexity index is 793. The van der Waals surface area contributed by atoms with Crippen LogP contribution in [0.2, 0.25) is 0 Å². The summed E-state index contributed by atoms with van der Waals surface area (Å²) in [7, 11) is 6.54. The number of nitrogens with two attached hydrogens (primary N) is 1.